The molecule has 0 fully saturated rings. The molecule has 0 atom stereocenters. The molecule has 0 saturated carbocycles. The van der Waals surface area contributed by atoms with Gasteiger partial charge in [-0.15, -0.1) is 10.2 Å². The second kappa shape index (κ2) is 5.38. The van der Waals surface area contributed by atoms with Crippen molar-refractivity contribution in [3.05, 3.63) is 45.7 Å². The zero-order valence-electron chi connectivity index (χ0n) is 10.9. The van der Waals surface area contributed by atoms with Gasteiger partial charge in [-0.05, 0) is 19.1 Å². The Morgan fingerprint density at radius 2 is 2.15 bits per heavy atom. The fourth-order valence-electron chi connectivity index (χ4n) is 1.96. The van der Waals surface area contributed by atoms with Gasteiger partial charge in [0.1, 0.15) is 5.01 Å². The molecule has 0 unspecified atom stereocenters. The molecule has 0 radical (unpaired) electrons. The zero-order chi connectivity index (χ0) is 13.9. The molecule has 1 aromatic carbocycles. The highest BCUT2D eigenvalue weighted by atomic mass is 32.1. The molecule has 3 aromatic rings. The van der Waals surface area contributed by atoms with Gasteiger partial charge >= 0.3 is 0 Å². The summed E-state index contributed by atoms with van der Waals surface area (Å²) >= 11 is 1.49. The summed E-state index contributed by atoms with van der Waals surface area (Å²) in [5, 5.41) is 17.8. The van der Waals surface area contributed by atoms with Crippen LogP contribution in [0.2, 0.25) is 0 Å². The van der Waals surface area contributed by atoms with Gasteiger partial charge < -0.3 is 5.32 Å². The number of hydrogen-bond acceptors (Lipinski definition) is 6. The van der Waals surface area contributed by atoms with Gasteiger partial charge in [-0.2, -0.15) is 5.10 Å². The van der Waals surface area contributed by atoms with E-state index in [0.717, 1.165) is 22.2 Å². The molecule has 0 bridgehead atoms. The van der Waals surface area contributed by atoms with Crippen molar-refractivity contribution in [1.29, 1.82) is 0 Å². The molecule has 0 aliphatic rings. The van der Waals surface area contributed by atoms with E-state index in [-0.39, 0.29) is 5.43 Å². The molecular weight excluding hydrogens is 274 g/mol. The molecule has 20 heavy (non-hydrogen) atoms. The van der Waals surface area contributed by atoms with Gasteiger partial charge in [-0.25, -0.2) is 0 Å². The first-order chi connectivity index (χ1) is 9.78. The van der Waals surface area contributed by atoms with Crippen molar-refractivity contribution in [2.24, 2.45) is 0 Å². The Balaban J connectivity index is 1.98. The number of aromatic nitrogens is 4. The number of nitrogens with one attached hydrogen (secondary N) is 1. The van der Waals surface area contributed by atoms with E-state index < -0.39 is 0 Å². The third-order valence-corrected chi connectivity index (χ3v) is 3.71. The van der Waals surface area contributed by atoms with Gasteiger partial charge in [0.15, 0.2) is 0 Å². The number of anilines is 1. The number of nitrogens with zero attached hydrogens (tertiary/aromatic N) is 4. The quantitative estimate of drug-likeness (QED) is 0.791. The van der Waals surface area contributed by atoms with Crippen LogP contribution in [0, 0.1) is 0 Å². The molecule has 1 N–H and O–H groups in total. The van der Waals surface area contributed by atoms with Crippen molar-refractivity contribution < 1.29 is 0 Å². The molecule has 0 spiro atoms. The average molecular weight is 287 g/mol. The van der Waals surface area contributed by atoms with Crippen LogP contribution in [0.5, 0.6) is 0 Å². The minimum absolute atomic E-state index is 0.0672. The van der Waals surface area contributed by atoms with E-state index in [2.05, 4.69) is 20.6 Å². The van der Waals surface area contributed by atoms with Crippen LogP contribution in [-0.4, -0.2) is 26.5 Å². The first-order valence-electron chi connectivity index (χ1n) is 6.29. The Labute approximate surface area is 119 Å². The Hall–Kier alpha value is -2.28. The minimum Gasteiger partial charge on any atom is -0.360 e. The van der Waals surface area contributed by atoms with Gasteiger partial charge in [0.05, 0.1) is 18.3 Å². The van der Waals surface area contributed by atoms with E-state index >= 15 is 0 Å². The highest BCUT2D eigenvalue weighted by molar-refractivity contribution is 7.15. The topological polar surface area (TPSA) is 72.7 Å². The van der Waals surface area contributed by atoms with Crippen molar-refractivity contribution in [3.63, 3.8) is 0 Å². The van der Waals surface area contributed by atoms with Gasteiger partial charge in [0.25, 0.3) is 0 Å². The van der Waals surface area contributed by atoms with Crippen LogP contribution in [0.1, 0.15) is 11.9 Å². The predicted molar refractivity (Wildman–Crippen MR) is 79.2 cm³/mol. The highest BCUT2D eigenvalue weighted by Crippen LogP contribution is 2.17. The van der Waals surface area contributed by atoms with Crippen molar-refractivity contribution in [3.8, 4) is 0 Å². The van der Waals surface area contributed by atoms with Crippen LogP contribution in [-0.2, 0) is 6.54 Å². The van der Waals surface area contributed by atoms with Gasteiger partial charge in [-0.3, -0.25) is 9.48 Å². The average Bonchev–Trinajstić information content (AvgIpc) is 2.90. The fraction of sp³-hybridized carbons (Fsp3) is 0.231. The molecule has 2 aromatic heterocycles. The summed E-state index contributed by atoms with van der Waals surface area (Å²) in [6.07, 6.45) is 1.34. The fourth-order valence-corrected chi connectivity index (χ4v) is 2.75. The summed E-state index contributed by atoms with van der Waals surface area (Å²) in [6.45, 7) is 3.33. The van der Waals surface area contributed by atoms with Gasteiger partial charge in [0, 0.05) is 11.9 Å². The standard InChI is InChI=1S/C13H13N5OS/c1-2-14-13-17-16-12(20-13)8-18-10-6-4-3-5-9(10)11(19)7-15-18/h3-7H,2,8H2,1H3,(H,14,17). The van der Waals surface area contributed by atoms with Gasteiger partial charge in [0.2, 0.25) is 10.6 Å². The monoisotopic (exact) mass is 287 g/mol. The summed E-state index contributed by atoms with van der Waals surface area (Å²) in [4.78, 5) is 11.8. The molecule has 0 amide bonds. The molecule has 0 aliphatic heterocycles. The summed E-state index contributed by atoms with van der Waals surface area (Å²) in [7, 11) is 0. The first-order valence-corrected chi connectivity index (χ1v) is 7.10. The van der Waals surface area contributed by atoms with Crippen LogP contribution in [0.4, 0.5) is 5.13 Å². The third kappa shape index (κ3) is 2.39. The van der Waals surface area contributed by atoms with Crippen LogP contribution in [0.25, 0.3) is 10.9 Å². The lowest BCUT2D eigenvalue weighted by Crippen LogP contribution is -2.12. The molecule has 2 heterocycles. The van der Waals surface area contributed by atoms with Crippen LogP contribution < -0.4 is 10.7 Å². The first kappa shape index (κ1) is 12.7. The lowest BCUT2D eigenvalue weighted by atomic mass is 10.2. The number of benzene rings is 1. The maximum atomic E-state index is 11.8. The second-order valence-corrected chi connectivity index (χ2v) is 5.28. The van der Waals surface area contributed by atoms with E-state index in [1.54, 1.807) is 10.7 Å². The van der Waals surface area contributed by atoms with E-state index in [4.69, 9.17) is 0 Å². The summed E-state index contributed by atoms with van der Waals surface area (Å²) in [5.41, 5.74) is 0.739. The van der Waals surface area contributed by atoms with Crippen molar-refractivity contribution >= 4 is 27.4 Å². The Morgan fingerprint density at radius 3 is 3.00 bits per heavy atom. The van der Waals surface area contributed by atoms with Crippen molar-refractivity contribution in [2.75, 3.05) is 11.9 Å². The van der Waals surface area contributed by atoms with Crippen LogP contribution in [0.3, 0.4) is 0 Å². The van der Waals surface area contributed by atoms with Gasteiger partial charge in [-0.1, -0.05) is 23.5 Å². The van der Waals surface area contributed by atoms with Crippen LogP contribution in [0.15, 0.2) is 35.3 Å². The lowest BCUT2D eigenvalue weighted by Gasteiger charge is -2.06. The predicted octanol–water partition coefficient (Wildman–Crippen LogP) is 1.73. The summed E-state index contributed by atoms with van der Waals surface area (Å²) in [5.74, 6) is 0. The number of fused-ring (bicyclic) bond motifs is 1. The van der Waals surface area contributed by atoms with Crippen molar-refractivity contribution in [1.82, 2.24) is 20.0 Å². The largest absolute Gasteiger partial charge is 0.360 e. The molecule has 3 rings (SSSR count). The summed E-state index contributed by atoms with van der Waals surface area (Å²) in [6, 6.07) is 7.43. The number of rotatable bonds is 4. The SMILES string of the molecule is CCNc1nnc(Cn2ncc(=O)c3ccccc32)s1. The normalized spacial score (nSPS) is 10.8. The second-order valence-electron chi connectivity index (χ2n) is 4.21. The Morgan fingerprint density at radius 1 is 1.30 bits per heavy atom. The minimum atomic E-state index is -0.0672. The number of hydrogen-bond donors (Lipinski definition) is 1. The van der Waals surface area contributed by atoms with Crippen LogP contribution >= 0.6 is 11.3 Å². The van der Waals surface area contributed by atoms with E-state index in [9.17, 15) is 4.79 Å². The maximum Gasteiger partial charge on any atom is 0.207 e. The summed E-state index contributed by atoms with van der Waals surface area (Å²) < 4.78 is 1.77. The van der Waals surface area contributed by atoms with E-state index in [0.29, 0.717) is 11.9 Å². The lowest BCUT2D eigenvalue weighted by molar-refractivity contribution is 0.685. The Bertz CT molecular complexity index is 795. The molecule has 6 nitrogen and oxygen atoms in total. The Kier molecular flexibility index (Phi) is 3.42. The molecule has 0 aliphatic carbocycles. The molecule has 7 heteroatoms. The third-order valence-electron chi connectivity index (χ3n) is 2.84. The maximum absolute atomic E-state index is 11.8. The molecule has 0 saturated heterocycles. The highest BCUT2D eigenvalue weighted by Gasteiger charge is 2.07. The van der Waals surface area contributed by atoms with Crippen molar-refractivity contribution in [2.45, 2.75) is 13.5 Å². The smallest absolute Gasteiger partial charge is 0.207 e. The zero-order valence-corrected chi connectivity index (χ0v) is 11.7. The number of para-hydroxylation sites is 1. The molecular formula is C13H13N5OS. The molecule has 102 valence electrons. The van der Waals surface area contributed by atoms with E-state index in [1.807, 2.05) is 25.1 Å². The van der Waals surface area contributed by atoms with E-state index in [1.165, 1.54) is 17.5 Å².